The number of anilines is 2. The van der Waals surface area contributed by atoms with Gasteiger partial charge in [-0.25, -0.2) is 8.78 Å². The summed E-state index contributed by atoms with van der Waals surface area (Å²) in [5.74, 6) is -1.76. The maximum Gasteiger partial charge on any atom is 0.305 e. The Morgan fingerprint density at radius 2 is 0.971 bits per heavy atom. The molecule has 0 saturated heterocycles. The predicted molar refractivity (Wildman–Crippen MR) is 250 cm³/mol. The highest BCUT2D eigenvalue weighted by Crippen LogP contribution is 2.39. The number of aliphatic hydroxyl groups excluding tert-OH is 2. The molecule has 0 bridgehead atoms. The van der Waals surface area contributed by atoms with Gasteiger partial charge >= 0.3 is 12.0 Å². The topological polar surface area (TPSA) is 176 Å². The van der Waals surface area contributed by atoms with Gasteiger partial charge in [-0.05, 0) is 86.3 Å². The Kier molecular flexibility index (Phi) is 15.4. The third-order valence-electron chi connectivity index (χ3n) is 11.4. The van der Waals surface area contributed by atoms with Crippen LogP contribution in [0, 0.1) is 11.6 Å². The molecule has 2 aliphatic heterocycles. The van der Waals surface area contributed by atoms with Gasteiger partial charge in [-0.2, -0.15) is 9.97 Å². The molecule has 20 heteroatoms. The van der Waals surface area contributed by atoms with Crippen LogP contribution in [0.2, 0.25) is 10.0 Å². The first-order chi connectivity index (χ1) is 32.6. The van der Waals surface area contributed by atoms with Gasteiger partial charge in [0.1, 0.15) is 36.2 Å². The molecular weight excluding hydrogens is 925 g/mol. The minimum atomic E-state index is -0.485. The molecule has 2 aromatic heterocycles. The molecule has 2 N–H and O–H groups in total. The molecule has 8 rings (SSSR count). The molecule has 0 saturated carbocycles. The average Bonchev–Trinajstić information content (AvgIpc) is 3.84. The molecule has 0 spiro atoms. The van der Waals surface area contributed by atoms with Crippen molar-refractivity contribution in [1.29, 1.82) is 0 Å². The molecule has 356 valence electrons. The van der Waals surface area contributed by atoms with Crippen LogP contribution in [0.5, 0.6) is 23.5 Å². The highest BCUT2D eigenvalue weighted by Gasteiger charge is 2.39. The molecule has 0 radical (unpaired) electrons. The fourth-order valence-corrected chi connectivity index (χ4v) is 7.94. The maximum atomic E-state index is 13.8. The minimum Gasteiger partial charge on any atom is -0.425 e. The van der Waals surface area contributed by atoms with E-state index in [-0.39, 0.29) is 97.8 Å². The molecule has 4 heterocycles. The molecule has 68 heavy (non-hydrogen) atoms. The molecule has 0 fully saturated rings. The van der Waals surface area contributed by atoms with Gasteiger partial charge in [-0.1, -0.05) is 59.6 Å². The summed E-state index contributed by atoms with van der Waals surface area (Å²) in [6.07, 6.45) is 0.650. The number of fused-ring (bicyclic) bond motifs is 2. The Hall–Kier alpha value is -6.86. The number of aromatic nitrogens is 4. The lowest BCUT2D eigenvalue weighted by Gasteiger charge is -2.23. The SMILES string of the molecule is CC(c1ccc(Cl)cc1)n1c(Oc2cccc(F)c2)nc2c1C(=O)N(CCCO)CC(=O)N2C.CC(c1ccc(Cl)cc1)n1c(Oc2cccc(F)c2)nc2c1C(=O)N(CCCO)CC(=O)N2C. The molecule has 2 aliphatic rings. The Morgan fingerprint density at radius 3 is 1.31 bits per heavy atom. The van der Waals surface area contributed by atoms with E-state index in [1.807, 2.05) is 38.1 Å². The van der Waals surface area contributed by atoms with E-state index in [1.54, 1.807) is 59.6 Å². The van der Waals surface area contributed by atoms with Crippen LogP contribution in [0.15, 0.2) is 97.1 Å². The number of ether oxygens (including phenoxy) is 2. The average molecular weight is 974 g/mol. The Balaban J connectivity index is 0.000000201. The quantitative estimate of drug-likeness (QED) is 0.110. The zero-order chi connectivity index (χ0) is 48.8. The van der Waals surface area contributed by atoms with Gasteiger partial charge in [0.15, 0.2) is 23.0 Å². The van der Waals surface area contributed by atoms with E-state index < -0.39 is 35.5 Å². The number of imidazole rings is 2. The molecule has 0 aliphatic carbocycles. The number of halogens is 4. The van der Waals surface area contributed by atoms with Gasteiger partial charge in [0.2, 0.25) is 11.8 Å². The van der Waals surface area contributed by atoms with Crippen LogP contribution >= 0.6 is 23.2 Å². The van der Waals surface area contributed by atoms with E-state index in [2.05, 4.69) is 9.97 Å². The van der Waals surface area contributed by atoms with Crippen LogP contribution < -0.4 is 19.3 Å². The van der Waals surface area contributed by atoms with Crippen molar-refractivity contribution >= 4 is 58.5 Å². The number of rotatable bonds is 14. The molecule has 2 atom stereocenters. The van der Waals surface area contributed by atoms with Gasteiger partial charge in [0, 0.05) is 62.6 Å². The van der Waals surface area contributed by atoms with Gasteiger partial charge < -0.3 is 29.5 Å². The molecule has 4 aromatic carbocycles. The number of benzene rings is 4. The number of likely N-dealkylation sites (N-methyl/N-ethyl adjacent to an activating group) is 2. The summed E-state index contributed by atoms with van der Waals surface area (Å²) in [6.45, 7) is 3.62. The predicted octanol–water partition coefficient (Wildman–Crippen LogP) is 7.76. The zero-order valence-electron chi connectivity index (χ0n) is 37.5. The number of hydrogen-bond acceptors (Lipinski definition) is 10. The number of amides is 4. The number of carbonyl (C=O) groups is 4. The summed E-state index contributed by atoms with van der Waals surface area (Å²) in [5, 5.41) is 19.6. The maximum absolute atomic E-state index is 13.8. The Morgan fingerprint density at radius 1 is 0.603 bits per heavy atom. The second-order valence-corrected chi connectivity index (χ2v) is 16.8. The summed E-state index contributed by atoms with van der Waals surface area (Å²) in [5.41, 5.74) is 1.98. The fourth-order valence-electron chi connectivity index (χ4n) is 7.68. The van der Waals surface area contributed by atoms with Crippen molar-refractivity contribution in [3.8, 4) is 23.5 Å². The van der Waals surface area contributed by atoms with E-state index >= 15 is 0 Å². The van der Waals surface area contributed by atoms with Crippen LogP contribution in [-0.2, 0) is 9.59 Å². The van der Waals surface area contributed by atoms with Gasteiger partial charge in [0.05, 0.1) is 12.1 Å². The molecular formula is C48H48Cl2F2N8O8. The second kappa shape index (κ2) is 21.4. The fraction of sp³-hybridized carbons (Fsp3) is 0.292. The van der Waals surface area contributed by atoms with Crippen LogP contribution in [-0.4, -0.2) is 116 Å². The minimum absolute atomic E-state index is 0.0371. The third-order valence-corrected chi connectivity index (χ3v) is 11.9. The van der Waals surface area contributed by atoms with E-state index in [1.165, 1.54) is 56.0 Å². The molecule has 4 amide bonds. The number of hydrogen-bond donors (Lipinski definition) is 2. The van der Waals surface area contributed by atoms with Crippen molar-refractivity contribution in [3.05, 3.63) is 141 Å². The lowest BCUT2D eigenvalue weighted by Crippen LogP contribution is -2.39. The first-order valence-corrected chi connectivity index (χ1v) is 22.3. The Labute approximate surface area is 400 Å². The number of nitrogens with zero attached hydrogens (tertiary/aromatic N) is 8. The summed E-state index contributed by atoms with van der Waals surface area (Å²) in [7, 11) is 3.08. The van der Waals surface area contributed by atoms with Gasteiger partial charge in [-0.3, -0.25) is 38.1 Å². The van der Waals surface area contributed by atoms with Crippen molar-refractivity contribution in [3.63, 3.8) is 0 Å². The van der Waals surface area contributed by atoms with E-state index in [4.69, 9.17) is 32.7 Å². The van der Waals surface area contributed by atoms with Crippen molar-refractivity contribution in [2.24, 2.45) is 0 Å². The lowest BCUT2D eigenvalue weighted by molar-refractivity contribution is -0.119. The normalized spacial score (nSPS) is 14.7. The highest BCUT2D eigenvalue weighted by molar-refractivity contribution is 6.30. The monoisotopic (exact) mass is 972 g/mol. The number of carbonyl (C=O) groups excluding carboxylic acids is 4. The summed E-state index contributed by atoms with van der Waals surface area (Å²) in [6, 6.07) is 24.6. The summed E-state index contributed by atoms with van der Waals surface area (Å²) < 4.78 is 42.7. The third kappa shape index (κ3) is 10.6. The summed E-state index contributed by atoms with van der Waals surface area (Å²) in [4.78, 5) is 67.3. The first-order valence-electron chi connectivity index (χ1n) is 21.6. The lowest BCUT2D eigenvalue weighted by atomic mass is 10.1. The standard InChI is InChI=1S/2C24H24ClFN4O4/c2*1-15(16-7-9-17(25)10-8-16)30-21-22(27-24(30)34-19-6-3-5-18(26)13-19)28(2)20(32)14-29(23(21)33)11-4-12-31/h2*3,5-10,13,15,31H,4,11-12,14H2,1-2H3. The van der Waals surface area contributed by atoms with Crippen LogP contribution in [0.4, 0.5) is 20.4 Å². The number of aliphatic hydroxyl groups is 2. The molecule has 16 nitrogen and oxygen atoms in total. The largest absolute Gasteiger partial charge is 0.425 e. The van der Waals surface area contributed by atoms with Crippen LogP contribution in [0.3, 0.4) is 0 Å². The van der Waals surface area contributed by atoms with E-state index in [0.717, 1.165) is 11.1 Å². The van der Waals surface area contributed by atoms with Crippen molar-refractivity contribution in [2.45, 2.75) is 38.8 Å². The van der Waals surface area contributed by atoms with Crippen molar-refractivity contribution in [2.75, 3.05) is 63.3 Å². The van der Waals surface area contributed by atoms with Crippen molar-refractivity contribution < 1.29 is 47.6 Å². The van der Waals surface area contributed by atoms with Crippen LogP contribution in [0.25, 0.3) is 0 Å². The zero-order valence-corrected chi connectivity index (χ0v) is 39.0. The van der Waals surface area contributed by atoms with Gasteiger partial charge in [0.25, 0.3) is 11.8 Å². The molecule has 6 aromatic rings. The highest BCUT2D eigenvalue weighted by atomic mass is 35.5. The van der Waals surface area contributed by atoms with Crippen LogP contribution in [0.1, 0.15) is 70.9 Å². The molecule has 2 unspecified atom stereocenters. The Bertz CT molecular complexity index is 2620. The van der Waals surface area contributed by atoms with Crippen molar-refractivity contribution in [1.82, 2.24) is 28.9 Å². The van der Waals surface area contributed by atoms with E-state index in [9.17, 15) is 38.2 Å². The smallest absolute Gasteiger partial charge is 0.305 e. The second-order valence-electron chi connectivity index (χ2n) is 16.0. The summed E-state index contributed by atoms with van der Waals surface area (Å²) >= 11 is 12.1. The first kappa shape index (κ1) is 49.1. The van der Waals surface area contributed by atoms with E-state index in [0.29, 0.717) is 22.9 Å². The van der Waals surface area contributed by atoms with Gasteiger partial charge in [-0.15, -0.1) is 0 Å².